The molecule has 106 valence electrons. The van der Waals surface area contributed by atoms with Gasteiger partial charge in [0.1, 0.15) is 0 Å². The number of rotatable bonds is 7. The lowest BCUT2D eigenvalue weighted by Crippen LogP contribution is -2.30. The fourth-order valence-corrected chi connectivity index (χ4v) is 2.38. The Balaban J connectivity index is 2.83. The second-order valence-electron chi connectivity index (χ2n) is 4.84. The standard InChI is InChI=1S/C16H26N2O/c1-5-9-13(6-2)15-11-10-14(12-17-15)16(19)18(7-3)8-4/h10-13H,5-9H2,1-4H3. The maximum atomic E-state index is 12.2. The lowest BCUT2D eigenvalue weighted by Gasteiger charge is -2.19. The van der Waals surface area contributed by atoms with Crippen molar-refractivity contribution in [3.8, 4) is 0 Å². The highest BCUT2D eigenvalue weighted by molar-refractivity contribution is 5.93. The van der Waals surface area contributed by atoms with E-state index in [2.05, 4.69) is 18.8 Å². The van der Waals surface area contributed by atoms with Crippen LogP contribution in [0.1, 0.15) is 68.9 Å². The van der Waals surface area contributed by atoms with Gasteiger partial charge in [0.15, 0.2) is 0 Å². The molecule has 3 nitrogen and oxygen atoms in total. The van der Waals surface area contributed by atoms with Gasteiger partial charge in [-0.1, -0.05) is 20.3 Å². The van der Waals surface area contributed by atoms with Gasteiger partial charge in [-0.25, -0.2) is 0 Å². The predicted molar refractivity (Wildman–Crippen MR) is 79.4 cm³/mol. The van der Waals surface area contributed by atoms with Crippen LogP contribution in [-0.4, -0.2) is 28.9 Å². The summed E-state index contributed by atoms with van der Waals surface area (Å²) in [5, 5.41) is 0. The Kier molecular flexibility index (Phi) is 6.54. The average molecular weight is 262 g/mol. The Hall–Kier alpha value is -1.38. The minimum atomic E-state index is 0.0765. The van der Waals surface area contributed by atoms with Crippen LogP contribution in [0.25, 0.3) is 0 Å². The topological polar surface area (TPSA) is 33.2 Å². The van der Waals surface area contributed by atoms with Crippen LogP contribution in [0.2, 0.25) is 0 Å². The van der Waals surface area contributed by atoms with Gasteiger partial charge in [-0.2, -0.15) is 0 Å². The monoisotopic (exact) mass is 262 g/mol. The van der Waals surface area contributed by atoms with E-state index in [1.165, 1.54) is 6.42 Å². The zero-order valence-corrected chi connectivity index (χ0v) is 12.6. The second-order valence-corrected chi connectivity index (χ2v) is 4.84. The van der Waals surface area contributed by atoms with Crippen LogP contribution in [0.3, 0.4) is 0 Å². The second kappa shape index (κ2) is 7.93. The highest BCUT2D eigenvalue weighted by atomic mass is 16.2. The fourth-order valence-electron chi connectivity index (χ4n) is 2.38. The molecule has 0 N–H and O–H groups in total. The minimum Gasteiger partial charge on any atom is -0.339 e. The summed E-state index contributed by atoms with van der Waals surface area (Å²) in [4.78, 5) is 18.5. The molecule has 0 bridgehead atoms. The average Bonchev–Trinajstić information content (AvgIpc) is 2.46. The molecule has 1 amide bonds. The highest BCUT2D eigenvalue weighted by Crippen LogP contribution is 2.22. The molecular weight excluding hydrogens is 236 g/mol. The number of pyridine rings is 1. The molecular formula is C16H26N2O. The maximum Gasteiger partial charge on any atom is 0.255 e. The van der Waals surface area contributed by atoms with Crippen LogP contribution in [0, 0.1) is 0 Å². The number of hydrogen-bond donors (Lipinski definition) is 0. The van der Waals surface area contributed by atoms with Crippen LogP contribution >= 0.6 is 0 Å². The van der Waals surface area contributed by atoms with E-state index in [0.717, 1.165) is 31.6 Å². The van der Waals surface area contributed by atoms with Crippen molar-refractivity contribution in [2.75, 3.05) is 13.1 Å². The third-order valence-electron chi connectivity index (χ3n) is 3.63. The van der Waals surface area contributed by atoms with E-state index < -0.39 is 0 Å². The summed E-state index contributed by atoms with van der Waals surface area (Å²) < 4.78 is 0. The van der Waals surface area contributed by atoms with Crippen LogP contribution in [-0.2, 0) is 0 Å². The Bertz CT molecular complexity index is 382. The van der Waals surface area contributed by atoms with Crippen molar-refractivity contribution < 1.29 is 4.79 Å². The fraction of sp³-hybridized carbons (Fsp3) is 0.625. The molecule has 0 saturated carbocycles. The molecule has 0 saturated heterocycles. The summed E-state index contributed by atoms with van der Waals surface area (Å²) in [6, 6.07) is 3.93. The normalized spacial score (nSPS) is 12.2. The number of hydrogen-bond acceptors (Lipinski definition) is 2. The zero-order valence-electron chi connectivity index (χ0n) is 12.6. The molecule has 1 heterocycles. The Morgan fingerprint density at radius 3 is 2.32 bits per heavy atom. The van der Waals surface area contributed by atoms with Crippen LogP contribution in [0.4, 0.5) is 0 Å². The third-order valence-corrected chi connectivity index (χ3v) is 3.63. The molecule has 3 heteroatoms. The molecule has 19 heavy (non-hydrogen) atoms. The first-order chi connectivity index (χ1) is 9.17. The lowest BCUT2D eigenvalue weighted by atomic mass is 9.96. The smallest absolute Gasteiger partial charge is 0.255 e. The third kappa shape index (κ3) is 4.05. The van der Waals surface area contributed by atoms with Gasteiger partial charge in [-0.15, -0.1) is 0 Å². The summed E-state index contributed by atoms with van der Waals surface area (Å²) in [5.41, 5.74) is 1.80. The molecule has 0 aliphatic heterocycles. The van der Waals surface area contributed by atoms with Crippen LogP contribution < -0.4 is 0 Å². The van der Waals surface area contributed by atoms with Gasteiger partial charge >= 0.3 is 0 Å². The molecule has 1 atom stereocenters. The van der Waals surface area contributed by atoms with E-state index >= 15 is 0 Å². The van der Waals surface area contributed by atoms with Gasteiger partial charge < -0.3 is 4.90 Å². The van der Waals surface area contributed by atoms with Gasteiger partial charge in [0, 0.05) is 30.9 Å². The summed E-state index contributed by atoms with van der Waals surface area (Å²) in [5.74, 6) is 0.593. The number of nitrogens with zero attached hydrogens (tertiary/aromatic N) is 2. The van der Waals surface area contributed by atoms with E-state index in [-0.39, 0.29) is 5.91 Å². The predicted octanol–water partition coefficient (Wildman–Crippen LogP) is 3.86. The zero-order chi connectivity index (χ0) is 14.3. The van der Waals surface area contributed by atoms with Crippen molar-refractivity contribution in [3.63, 3.8) is 0 Å². The van der Waals surface area contributed by atoms with Crippen molar-refractivity contribution in [1.29, 1.82) is 0 Å². The van der Waals surface area contributed by atoms with E-state index in [0.29, 0.717) is 11.5 Å². The van der Waals surface area contributed by atoms with Gasteiger partial charge in [-0.05, 0) is 38.8 Å². The molecule has 1 rings (SSSR count). The summed E-state index contributed by atoms with van der Waals surface area (Å²) in [7, 11) is 0. The minimum absolute atomic E-state index is 0.0765. The molecule has 1 aromatic heterocycles. The Morgan fingerprint density at radius 2 is 1.89 bits per heavy atom. The Labute approximate surface area is 117 Å². The number of carbonyl (C=O) groups is 1. The van der Waals surface area contributed by atoms with Crippen molar-refractivity contribution in [1.82, 2.24) is 9.88 Å². The molecule has 1 unspecified atom stereocenters. The van der Waals surface area contributed by atoms with Gasteiger partial charge in [0.05, 0.1) is 5.56 Å². The number of aromatic nitrogens is 1. The maximum absolute atomic E-state index is 12.2. The molecule has 1 aromatic rings. The van der Waals surface area contributed by atoms with Crippen LogP contribution in [0.15, 0.2) is 18.3 Å². The largest absolute Gasteiger partial charge is 0.339 e. The molecule has 0 aliphatic carbocycles. The molecule has 0 fully saturated rings. The van der Waals surface area contributed by atoms with Crippen LogP contribution in [0.5, 0.6) is 0 Å². The summed E-state index contributed by atoms with van der Waals surface area (Å²) >= 11 is 0. The number of carbonyl (C=O) groups excluding carboxylic acids is 1. The molecule has 0 aromatic carbocycles. The quantitative estimate of drug-likeness (QED) is 0.747. The van der Waals surface area contributed by atoms with Gasteiger partial charge in [0.2, 0.25) is 0 Å². The van der Waals surface area contributed by atoms with Crippen molar-refractivity contribution in [3.05, 3.63) is 29.6 Å². The molecule has 0 aliphatic rings. The van der Waals surface area contributed by atoms with Gasteiger partial charge in [-0.3, -0.25) is 9.78 Å². The van der Waals surface area contributed by atoms with E-state index in [1.54, 1.807) is 6.20 Å². The van der Waals surface area contributed by atoms with Crippen molar-refractivity contribution in [2.24, 2.45) is 0 Å². The molecule has 0 spiro atoms. The highest BCUT2D eigenvalue weighted by Gasteiger charge is 2.14. The van der Waals surface area contributed by atoms with E-state index in [9.17, 15) is 4.79 Å². The lowest BCUT2D eigenvalue weighted by molar-refractivity contribution is 0.0772. The molecule has 0 radical (unpaired) electrons. The first-order valence-electron chi connectivity index (χ1n) is 7.42. The van der Waals surface area contributed by atoms with Gasteiger partial charge in [0.25, 0.3) is 5.91 Å². The van der Waals surface area contributed by atoms with E-state index in [4.69, 9.17) is 0 Å². The SMILES string of the molecule is CCCC(CC)c1ccc(C(=O)N(CC)CC)cn1. The Morgan fingerprint density at radius 1 is 1.21 bits per heavy atom. The number of amides is 1. The first kappa shape index (κ1) is 15.7. The summed E-state index contributed by atoms with van der Waals surface area (Å²) in [6.07, 6.45) is 5.16. The van der Waals surface area contributed by atoms with Crippen molar-refractivity contribution >= 4 is 5.91 Å². The summed E-state index contributed by atoms with van der Waals surface area (Å²) in [6.45, 7) is 9.86. The first-order valence-corrected chi connectivity index (χ1v) is 7.42. The van der Waals surface area contributed by atoms with E-state index in [1.807, 2.05) is 30.9 Å². The van der Waals surface area contributed by atoms with Crippen molar-refractivity contribution in [2.45, 2.75) is 52.9 Å².